The van der Waals surface area contributed by atoms with E-state index >= 15 is 4.39 Å². The molecule has 224 valence electrons. The molecule has 0 unspecified atom stereocenters. The summed E-state index contributed by atoms with van der Waals surface area (Å²) in [6.45, 7) is 6.11. The van der Waals surface area contributed by atoms with Crippen LogP contribution >= 0.6 is 0 Å². The molecule has 3 aromatic heterocycles. The average molecular weight is 588 g/mol. The Kier molecular flexibility index (Phi) is 7.07. The molecule has 6 heterocycles. The number of alkyl halides is 1. The summed E-state index contributed by atoms with van der Waals surface area (Å²) in [4.78, 5) is 30.6. The molecule has 4 aromatic rings. The van der Waals surface area contributed by atoms with E-state index in [0.29, 0.717) is 42.7 Å². The van der Waals surface area contributed by atoms with Crippen LogP contribution in [-0.4, -0.2) is 80.3 Å². The minimum atomic E-state index is -0.897. The lowest BCUT2D eigenvalue weighted by atomic mass is 9.94. The van der Waals surface area contributed by atoms with Gasteiger partial charge in [-0.05, 0) is 63.3 Å². The number of aromatic nitrogens is 5. The number of benzene rings is 1. The second-order valence-electron chi connectivity index (χ2n) is 12.1. The van der Waals surface area contributed by atoms with Crippen LogP contribution in [0.25, 0.3) is 39.1 Å². The third-order valence-electron chi connectivity index (χ3n) is 9.24. The fraction of sp³-hybridized carbons (Fsp3) is 0.469. The Morgan fingerprint density at radius 1 is 1.19 bits per heavy atom. The van der Waals surface area contributed by atoms with Crippen LogP contribution in [0.15, 0.2) is 24.5 Å². The number of ketones is 1. The van der Waals surface area contributed by atoms with Gasteiger partial charge in [-0.2, -0.15) is 15.1 Å². The zero-order valence-electron chi connectivity index (χ0n) is 24.5. The number of ether oxygens (including phenoxy) is 1. The number of allylic oxidation sites excluding steroid dienone is 1. The largest absolute Gasteiger partial charge is 0.461 e. The monoisotopic (exact) mass is 587 g/mol. The number of pyridine rings is 1. The molecule has 0 spiro atoms. The number of nitrogens with one attached hydrogen (secondary N) is 1. The Labute approximate surface area is 248 Å². The Hall–Kier alpha value is -3.99. The van der Waals surface area contributed by atoms with Crippen LogP contribution < -0.4 is 9.64 Å². The summed E-state index contributed by atoms with van der Waals surface area (Å²) < 4.78 is 37.5. The van der Waals surface area contributed by atoms with Crippen LogP contribution in [-0.2, 0) is 4.79 Å². The normalized spacial score (nSPS) is 23.1. The molecule has 1 N–H and O–H groups in total. The summed E-state index contributed by atoms with van der Waals surface area (Å²) in [5.74, 6) is -0.0678. The minimum absolute atomic E-state index is 0.0187. The Morgan fingerprint density at radius 3 is 2.93 bits per heavy atom. The number of halogens is 2. The van der Waals surface area contributed by atoms with Gasteiger partial charge in [-0.15, -0.1) is 0 Å². The van der Waals surface area contributed by atoms with Gasteiger partial charge in [0, 0.05) is 43.1 Å². The molecule has 3 fully saturated rings. The maximum Gasteiger partial charge on any atom is 0.319 e. The van der Waals surface area contributed by atoms with Crippen LogP contribution in [0.3, 0.4) is 0 Å². The molecule has 11 heteroatoms. The highest BCUT2D eigenvalue weighted by Gasteiger charge is 2.49. The zero-order chi connectivity index (χ0) is 29.7. The van der Waals surface area contributed by atoms with Crippen molar-refractivity contribution in [2.24, 2.45) is 0 Å². The number of fused-ring (bicyclic) bond motifs is 3. The van der Waals surface area contributed by atoms with Gasteiger partial charge in [-0.3, -0.25) is 19.8 Å². The summed E-state index contributed by atoms with van der Waals surface area (Å²) in [6.07, 6.45) is 10.6. The van der Waals surface area contributed by atoms with Crippen molar-refractivity contribution in [1.29, 1.82) is 0 Å². The van der Waals surface area contributed by atoms with E-state index in [9.17, 15) is 9.18 Å². The van der Waals surface area contributed by atoms with Gasteiger partial charge in [-0.1, -0.05) is 12.2 Å². The van der Waals surface area contributed by atoms with Crippen molar-refractivity contribution in [3.63, 3.8) is 0 Å². The number of aryl methyl sites for hydroxylation is 1. The minimum Gasteiger partial charge on any atom is -0.461 e. The van der Waals surface area contributed by atoms with E-state index in [2.05, 4.69) is 25.1 Å². The average Bonchev–Trinajstić information content (AvgIpc) is 3.63. The van der Waals surface area contributed by atoms with Crippen molar-refractivity contribution < 1.29 is 18.3 Å². The zero-order valence-corrected chi connectivity index (χ0v) is 24.5. The smallest absolute Gasteiger partial charge is 0.319 e. The predicted octanol–water partition coefficient (Wildman–Crippen LogP) is 5.56. The highest BCUT2D eigenvalue weighted by atomic mass is 19.1. The molecule has 0 radical (unpaired) electrons. The van der Waals surface area contributed by atoms with E-state index < -0.39 is 17.5 Å². The molecular weight excluding hydrogens is 552 g/mol. The fourth-order valence-electron chi connectivity index (χ4n) is 7.20. The number of aromatic amines is 1. The van der Waals surface area contributed by atoms with E-state index in [0.717, 1.165) is 54.3 Å². The number of H-pyrrole nitrogens is 1. The van der Waals surface area contributed by atoms with Gasteiger partial charge >= 0.3 is 6.01 Å². The highest BCUT2D eigenvalue weighted by molar-refractivity contribution is 6.02. The second kappa shape index (κ2) is 10.9. The molecule has 3 aliphatic heterocycles. The topological polar surface area (TPSA) is 100 Å². The maximum atomic E-state index is 16.8. The van der Waals surface area contributed by atoms with E-state index in [1.165, 1.54) is 0 Å². The first kappa shape index (κ1) is 27.8. The third-order valence-corrected chi connectivity index (χ3v) is 9.24. The number of hydrogen-bond acceptors (Lipinski definition) is 8. The summed E-state index contributed by atoms with van der Waals surface area (Å²) >= 11 is 0. The molecule has 0 aliphatic carbocycles. The van der Waals surface area contributed by atoms with Crippen molar-refractivity contribution in [2.75, 3.05) is 37.7 Å². The molecule has 9 nitrogen and oxygen atoms in total. The van der Waals surface area contributed by atoms with Crippen molar-refractivity contribution in [2.45, 2.75) is 64.1 Å². The molecule has 2 atom stereocenters. The summed E-state index contributed by atoms with van der Waals surface area (Å²) in [5, 5.41) is 8.36. The first-order valence-corrected chi connectivity index (χ1v) is 15.1. The Balaban J connectivity index is 1.38. The van der Waals surface area contributed by atoms with E-state index in [4.69, 9.17) is 9.72 Å². The quantitative estimate of drug-likeness (QED) is 0.313. The number of carbonyl (C=O) groups is 1. The van der Waals surface area contributed by atoms with Gasteiger partial charge in [0.2, 0.25) is 0 Å². The molecule has 1 aromatic carbocycles. The SMILES string of the molecule is C/C=C\c1c(C)cc2[nH]ncc2c1-c1ncc2c(N3CCCCC(=O)C3)nc(OC[C@@]34CCCN3C[C@H](F)C4)nc2c1F. The number of Topliss-reactive ketones (excluding diaryl/α,β-unsaturated/α-hetero) is 1. The third kappa shape index (κ3) is 4.83. The number of hydrogen-bond donors (Lipinski definition) is 1. The van der Waals surface area contributed by atoms with E-state index in [1.807, 2.05) is 37.0 Å². The van der Waals surface area contributed by atoms with Crippen LogP contribution in [0.4, 0.5) is 14.6 Å². The first-order valence-electron chi connectivity index (χ1n) is 15.1. The van der Waals surface area contributed by atoms with E-state index in [1.54, 1.807) is 12.4 Å². The van der Waals surface area contributed by atoms with Crippen LogP contribution in [0.2, 0.25) is 0 Å². The number of anilines is 1. The van der Waals surface area contributed by atoms with Gasteiger partial charge in [0.1, 0.15) is 29.8 Å². The summed E-state index contributed by atoms with van der Waals surface area (Å²) in [7, 11) is 0. The predicted molar refractivity (Wildman–Crippen MR) is 161 cm³/mol. The lowest BCUT2D eigenvalue weighted by Gasteiger charge is -2.31. The van der Waals surface area contributed by atoms with Gasteiger partial charge in [-0.25, -0.2) is 8.78 Å². The van der Waals surface area contributed by atoms with Gasteiger partial charge in [0.05, 0.1) is 29.2 Å². The van der Waals surface area contributed by atoms with Crippen molar-refractivity contribution >= 4 is 39.5 Å². The van der Waals surface area contributed by atoms with Crippen molar-refractivity contribution in [3.8, 4) is 17.3 Å². The molecule has 0 saturated carbocycles. The second-order valence-corrected chi connectivity index (χ2v) is 12.1. The molecule has 0 bridgehead atoms. The molecule has 7 rings (SSSR count). The Bertz CT molecular complexity index is 1760. The van der Waals surface area contributed by atoms with Gasteiger partial charge < -0.3 is 9.64 Å². The number of nitrogens with zero attached hydrogens (tertiary/aromatic N) is 6. The molecule has 3 saturated heterocycles. The number of rotatable bonds is 6. The first-order chi connectivity index (χ1) is 20.9. The number of carbonyl (C=O) groups excluding carboxylic acids is 1. The van der Waals surface area contributed by atoms with Gasteiger partial charge in [0.25, 0.3) is 0 Å². The van der Waals surface area contributed by atoms with Crippen LogP contribution in [0.5, 0.6) is 6.01 Å². The molecule has 43 heavy (non-hydrogen) atoms. The highest BCUT2D eigenvalue weighted by Crippen LogP contribution is 2.41. The van der Waals surface area contributed by atoms with Crippen LogP contribution in [0, 0.1) is 12.7 Å². The maximum absolute atomic E-state index is 16.8. The Morgan fingerprint density at radius 2 is 2.07 bits per heavy atom. The van der Waals surface area contributed by atoms with Gasteiger partial charge in [0.15, 0.2) is 11.6 Å². The van der Waals surface area contributed by atoms with Crippen molar-refractivity contribution in [1.82, 2.24) is 30.0 Å². The van der Waals surface area contributed by atoms with E-state index in [-0.39, 0.29) is 36.2 Å². The van der Waals surface area contributed by atoms with Crippen molar-refractivity contribution in [3.05, 3.63) is 41.5 Å². The lowest BCUT2D eigenvalue weighted by Crippen LogP contribution is -2.43. The summed E-state index contributed by atoms with van der Waals surface area (Å²) in [6, 6.07) is 2.00. The molecule has 3 aliphatic rings. The molecular formula is C32H35F2N7O2. The standard InChI is InChI=1S/C32H35F2N7O2/c1-3-7-22-19(2)12-25-23(15-36-39-25)26(22)29-27(34)28-24(14-35-29)30(40-10-5-4-8-21(42)17-40)38-31(37-28)43-18-32-9-6-11-41(32)16-20(33)13-32/h3,7,12,14-15,20H,4-6,8-11,13,16-18H2,1-2H3,(H,36,39)/b7-3-/t20-,32+/m1/s1. The fourth-order valence-corrected chi connectivity index (χ4v) is 7.20. The molecule has 0 amide bonds. The summed E-state index contributed by atoms with van der Waals surface area (Å²) in [5.41, 5.74) is 3.00. The lowest BCUT2D eigenvalue weighted by molar-refractivity contribution is -0.117. The van der Waals surface area contributed by atoms with Crippen LogP contribution in [0.1, 0.15) is 56.6 Å².